The summed E-state index contributed by atoms with van der Waals surface area (Å²) < 4.78 is 5.25. The summed E-state index contributed by atoms with van der Waals surface area (Å²) in [5.74, 6) is -1.71. The smallest absolute Gasteiger partial charge is 0.280 e. The van der Waals surface area contributed by atoms with Gasteiger partial charge in [0.2, 0.25) is 5.91 Å². The van der Waals surface area contributed by atoms with E-state index in [-0.39, 0.29) is 11.4 Å². The molecule has 0 aliphatic carbocycles. The highest BCUT2D eigenvalue weighted by molar-refractivity contribution is 6.06. The third-order valence-corrected chi connectivity index (χ3v) is 2.21. The van der Waals surface area contributed by atoms with Crippen LogP contribution in [0, 0.1) is 0 Å². The molecule has 0 bridgehead atoms. The Labute approximate surface area is 110 Å². The SMILES string of the molecule is CCCOc1ccnc(C(=O)NC(=O)[C@H](C)N)c1O. The number of aromatic nitrogens is 1. The number of nitrogens with one attached hydrogen (secondary N) is 1. The third kappa shape index (κ3) is 3.92. The van der Waals surface area contributed by atoms with Crippen molar-refractivity contribution in [3.8, 4) is 11.5 Å². The van der Waals surface area contributed by atoms with Gasteiger partial charge in [-0.25, -0.2) is 4.98 Å². The molecule has 0 saturated carbocycles. The third-order valence-electron chi connectivity index (χ3n) is 2.21. The molecule has 1 atom stereocenters. The molecule has 7 nitrogen and oxygen atoms in total. The number of aromatic hydroxyl groups is 1. The van der Waals surface area contributed by atoms with E-state index < -0.39 is 23.6 Å². The zero-order chi connectivity index (χ0) is 14.4. The number of amides is 2. The van der Waals surface area contributed by atoms with Gasteiger partial charge >= 0.3 is 0 Å². The van der Waals surface area contributed by atoms with E-state index in [0.717, 1.165) is 6.42 Å². The molecule has 19 heavy (non-hydrogen) atoms. The number of pyridine rings is 1. The molecule has 0 radical (unpaired) electrons. The predicted molar refractivity (Wildman–Crippen MR) is 67.8 cm³/mol. The van der Waals surface area contributed by atoms with Crippen molar-refractivity contribution in [1.29, 1.82) is 0 Å². The van der Waals surface area contributed by atoms with Crippen LogP contribution in [0.4, 0.5) is 0 Å². The first kappa shape index (κ1) is 14.9. The second-order valence-corrected chi connectivity index (χ2v) is 3.96. The molecule has 104 valence electrons. The van der Waals surface area contributed by atoms with Crippen LogP contribution in [-0.4, -0.2) is 34.6 Å². The van der Waals surface area contributed by atoms with Crippen LogP contribution in [-0.2, 0) is 4.79 Å². The summed E-state index contributed by atoms with van der Waals surface area (Å²) in [5.41, 5.74) is 5.05. The monoisotopic (exact) mass is 267 g/mol. The maximum atomic E-state index is 11.7. The van der Waals surface area contributed by atoms with Crippen molar-refractivity contribution in [3.05, 3.63) is 18.0 Å². The summed E-state index contributed by atoms with van der Waals surface area (Å²) in [4.78, 5) is 26.8. The molecular weight excluding hydrogens is 250 g/mol. The van der Waals surface area contributed by atoms with Crippen molar-refractivity contribution in [1.82, 2.24) is 10.3 Å². The van der Waals surface area contributed by atoms with Crippen LogP contribution in [0.1, 0.15) is 30.8 Å². The molecule has 1 aromatic heterocycles. The predicted octanol–water partition coefficient (Wildman–Crippen LogP) is 0.180. The summed E-state index contributed by atoms with van der Waals surface area (Å²) in [7, 11) is 0. The number of carbonyl (C=O) groups excluding carboxylic acids is 2. The highest BCUT2D eigenvalue weighted by Crippen LogP contribution is 2.28. The number of nitrogens with zero attached hydrogens (tertiary/aromatic N) is 1. The number of hydrogen-bond donors (Lipinski definition) is 3. The van der Waals surface area contributed by atoms with Gasteiger partial charge in [-0.1, -0.05) is 6.92 Å². The number of hydrogen-bond acceptors (Lipinski definition) is 6. The quantitative estimate of drug-likeness (QED) is 0.701. The summed E-state index contributed by atoms with van der Waals surface area (Å²) in [6, 6.07) is 0.612. The van der Waals surface area contributed by atoms with E-state index in [2.05, 4.69) is 4.98 Å². The fourth-order valence-corrected chi connectivity index (χ4v) is 1.22. The van der Waals surface area contributed by atoms with Crippen molar-refractivity contribution in [2.75, 3.05) is 6.61 Å². The Morgan fingerprint density at radius 1 is 1.58 bits per heavy atom. The first-order chi connectivity index (χ1) is 8.97. The van der Waals surface area contributed by atoms with Gasteiger partial charge < -0.3 is 15.6 Å². The second-order valence-electron chi connectivity index (χ2n) is 3.96. The fourth-order valence-electron chi connectivity index (χ4n) is 1.22. The van der Waals surface area contributed by atoms with Crippen LogP contribution in [0.2, 0.25) is 0 Å². The van der Waals surface area contributed by atoms with Gasteiger partial charge in [-0.3, -0.25) is 14.9 Å². The van der Waals surface area contributed by atoms with Crippen molar-refractivity contribution in [2.45, 2.75) is 26.3 Å². The second kappa shape index (κ2) is 6.69. The lowest BCUT2D eigenvalue weighted by molar-refractivity contribution is -0.121. The van der Waals surface area contributed by atoms with Crippen LogP contribution in [0.15, 0.2) is 12.3 Å². The van der Waals surface area contributed by atoms with E-state index in [4.69, 9.17) is 10.5 Å². The van der Waals surface area contributed by atoms with Gasteiger partial charge in [0.05, 0.1) is 12.6 Å². The van der Waals surface area contributed by atoms with Crippen molar-refractivity contribution < 1.29 is 19.4 Å². The minimum Gasteiger partial charge on any atom is -0.503 e. The van der Waals surface area contributed by atoms with Crippen LogP contribution in [0.25, 0.3) is 0 Å². The number of imide groups is 1. The average molecular weight is 267 g/mol. The molecule has 1 heterocycles. The number of rotatable bonds is 5. The number of nitrogens with two attached hydrogens (primary N) is 1. The minimum atomic E-state index is -0.828. The van der Waals surface area contributed by atoms with Gasteiger partial charge in [0.15, 0.2) is 17.2 Å². The Balaban J connectivity index is 2.88. The molecule has 1 aromatic rings. The summed E-state index contributed by atoms with van der Waals surface area (Å²) in [5, 5.41) is 11.9. The van der Waals surface area contributed by atoms with E-state index in [1.807, 2.05) is 12.2 Å². The van der Waals surface area contributed by atoms with Crippen molar-refractivity contribution in [3.63, 3.8) is 0 Å². The van der Waals surface area contributed by atoms with Crippen LogP contribution in [0.3, 0.4) is 0 Å². The Morgan fingerprint density at radius 3 is 2.84 bits per heavy atom. The summed E-state index contributed by atoms with van der Waals surface area (Å²) in [6.07, 6.45) is 2.07. The largest absolute Gasteiger partial charge is 0.503 e. The lowest BCUT2D eigenvalue weighted by atomic mass is 10.2. The molecule has 4 N–H and O–H groups in total. The lowest BCUT2D eigenvalue weighted by Gasteiger charge is -2.10. The maximum Gasteiger partial charge on any atom is 0.280 e. The summed E-state index contributed by atoms with van der Waals surface area (Å²) in [6.45, 7) is 3.75. The minimum absolute atomic E-state index is 0.148. The zero-order valence-electron chi connectivity index (χ0n) is 10.8. The molecule has 1 rings (SSSR count). The first-order valence-corrected chi connectivity index (χ1v) is 5.88. The van der Waals surface area contributed by atoms with Crippen LogP contribution >= 0.6 is 0 Å². The standard InChI is InChI=1S/C12H17N3O4/c1-3-6-19-8-4-5-14-9(10(8)16)12(18)15-11(17)7(2)13/h4-5,7,16H,3,6,13H2,1-2H3,(H,15,17,18)/t7-/m0/s1. The number of carbonyl (C=O) groups is 2. The molecule has 0 aliphatic heterocycles. The van der Waals surface area contributed by atoms with Crippen molar-refractivity contribution >= 4 is 11.8 Å². The number of ether oxygens (including phenoxy) is 1. The topological polar surface area (TPSA) is 115 Å². The van der Waals surface area contributed by atoms with E-state index >= 15 is 0 Å². The van der Waals surface area contributed by atoms with Crippen LogP contribution in [0.5, 0.6) is 11.5 Å². The molecule has 0 aliphatic rings. The Hall–Kier alpha value is -2.15. The van der Waals surface area contributed by atoms with Gasteiger partial charge in [0, 0.05) is 12.3 Å². The molecular formula is C12H17N3O4. The maximum absolute atomic E-state index is 11.7. The van der Waals surface area contributed by atoms with Gasteiger partial charge in [-0.15, -0.1) is 0 Å². The molecule has 0 unspecified atom stereocenters. The highest BCUT2D eigenvalue weighted by Gasteiger charge is 2.20. The molecule has 2 amide bonds. The normalized spacial score (nSPS) is 11.7. The molecule has 0 saturated heterocycles. The molecule has 0 aromatic carbocycles. The first-order valence-electron chi connectivity index (χ1n) is 5.88. The van der Waals surface area contributed by atoms with E-state index in [1.165, 1.54) is 19.2 Å². The zero-order valence-corrected chi connectivity index (χ0v) is 10.8. The fraction of sp³-hybridized carbons (Fsp3) is 0.417. The van der Waals surface area contributed by atoms with Crippen LogP contribution < -0.4 is 15.8 Å². The molecule has 0 fully saturated rings. The van der Waals surface area contributed by atoms with Gasteiger partial charge in [-0.2, -0.15) is 0 Å². The Bertz CT molecular complexity index is 474. The molecule has 0 spiro atoms. The Morgan fingerprint density at radius 2 is 2.26 bits per heavy atom. The average Bonchev–Trinajstić information content (AvgIpc) is 2.37. The molecule has 7 heteroatoms. The van der Waals surface area contributed by atoms with Gasteiger partial charge in [0.25, 0.3) is 5.91 Å². The highest BCUT2D eigenvalue weighted by atomic mass is 16.5. The van der Waals surface area contributed by atoms with E-state index in [1.54, 1.807) is 0 Å². The van der Waals surface area contributed by atoms with Crippen molar-refractivity contribution in [2.24, 2.45) is 5.73 Å². The van der Waals surface area contributed by atoms with Gasteiger partial charge in [-0.05, 0) is 13.3 Å². The van der Waals surface area contributed by atoms with E-state index in [9.17, 15) is 14.7 Å². The van der Waals surface area contributed by atoms with E-state index in [0.29, 0.717) is 6.61 Å². The van der Waals surface area contributed by atoms with Gasteiger partial charge in [0.1, 0.15) is 0 Å². The Kier molecular flexibility index (Phi) is 5.25. The summed E-state index contributed by atoms with van der Waals surface area (Å²) >= 11 is 0. The lowest BCUT2D eigenvalue weighted by Crippen LogP contribution is -2.41.